The molecule has 2 rings (SSSR count). The van der Waals surface area contributed by atoms with E-state index in [0.29, 0.717) is 5.92 Å². The summed E-state index contributed by atoms with van der Waals surface area (Å²) in [5.74, 6) is 0.556. The zero-order chi connectivity index (χ0) is 9.97. The second-order valence-corrected chi connectivity index (χ2v) is 4.22. The van der Waals surface area contributed by atoms with Crippen LogP contribution in [0.25, 0.3) is 0 Å². The van der Waals surface area contributed by atoms with E-state index in [-0.39, 0.29) is 0 Å². The van der Waals surface area contributed by atoms with Crippen molar-refractivity contribution in [2.75, 3.05) is 6.54 Å². The normalized spacial score (nSPS) is 16.7. The van der Waals surface area contributed by atoms with Gasteiger partial charge in [0.25, 0.3) is 0 Å². The van der Waals surface area contributed by atoms with Crippen LogP contribution in [0.2, 0.25) is 0 Å². The third-order valence-corrected chi connectivity index (χ3v) is 3.37. The standard InChI is InChI=1S/C13H19N/c1-2-10(9-14)13-7-6-11-4-3-5-12(11)8-13/h6-8,10H,2-5,9,14H2,1H3/t10-/m1/s1. The second-order valence-electron chi connectivity index (χ2n) is 4.22. The van der Waals surface area contributed by atoms with Gasteiger partial charge < -0.3 is 5.73 Å². The van der Waals surface area contributed by atoms with Gasteiger partial charge in [0, 0.05) is 0 Å². The fourth-order valence-corrected chi connectivity index (χ4v) is 2.38. The molecule has 0 radical (unpaired) electrons. The summed E-state index contributed by atoms with van der Waals surface area (Å²) in [4.78, 5) is 0. The predicted molar refractivity (Wildman–Crippen MR) is 60.6 cm³/mol. The topological polar surface area (TPSA) is 26.0 Å². The minimum Gasteiger partial charge on any atom is -0.330 e. The lowest BCUT2D eigenvalue weighted by molar-refractivity contribution is 0.673. The third-order valence-electron chi connectivity index (χ3n) is 3.37. The molecule has 1 atom stereocenters. The van der Waals surface area contributed by atoms with E-state index >= 15 is 0 Å². The molecule has 2 N–H and O–H groups in total. The van der Waals surface area contributed by atoms with Crippen LogP contribution in [0.5, 0.6) is 0 Å². The molecule has 0 aliphatic heterocycles. The maximum Gasteiger partial charge on any atom is -0.000834 e. The van der Waals surface area contributed by atoms with Crippen molar-refractivity contribution in [3.63, 3.8) is 0 Å². The van der Waals surface area contributed by atoms with Crippen LogP contribution in [0, 0.1) is 0 Å². The van der Waals surface area contributed by atoms with Gasteiger partial charge in [0.05, 0.1) is 0 Å². The highest BCUT2D eigenvalue weighted by atomic mass is 14.5. The van der Waals surface area contributed by atoms with E-state index in [1.165, 1.54) is 24.8 Å². The van der Waals surface area contributed by atoms with Gasteiger partial charge in [-0.1, -0.05) is 25.1 Å². The van der Waals surface area contributed by atoms with Gasteiger partial charge >= 0.3 is 0 Å². The minimum absolute atomic E-state index is 0.556. The molecule has 1 aromatic rings. The molecular formula is C13H19N. The molecule has 1 aromatic carbocycles. The van der Waals surface area contributed by atoms with Gasteiger partial charge in [-0.3, -0.25) is 0 Å². The van der Waals surface area contributed by atoms with Crippen molar-refractivity contribution < 1.29 is 0 Å². The molecule has 1 nitrogen and oxygen atoms in total. The summed E-state index contributed by atoms with van der Waals surface area (Å²) in [7, 11) is 0. The Hall–Kier alpha value is -0.820. The fraction of sp³-hybridized carbons (Fsp3) is 0.538. The Bertz CT molecular complexity index is 313. The molecule has 1 aliphatic carbocycles. The number of hydrogen-bond donors (Lipinski definition) is 1. The average molecular weight is 189 g/mol. The highest BCUT2D eigenvalue weighted by molar-refractivity contribution is 5.36. The Morgan fingerprint density at radius 1 is 1.29 bits per heavy atom. The molecule has 0 saturated heterocycles. The maximum atomic E-state index is 5.76. The molecule has 0 heterocycles. The molecule has 0 saturated carbocycles. The van der Waals surface area contributed by atoms with E-state index in [9.17, 15) is 0 Å². The quantitative estimate of drug-likeness (QED) is 0.777. The molecule has 14 heavy (non-hydrogen) atoms. The van der Waals surface area contributed by atoms with Gasteiger partial charge in [0.1, 0.15) is 0 Å². The predicted octanol–water partition coefficient (Wildman–Crippen LogP) is 2.63. The molecule has 0 bridgehead atoms. The van der Waals surface area contributed by atoms with Gasteiger partial charge in [0.2, 0.25) is 0 Å². The van der Waals surface area contributed by atoms with Crippen LogP contribution in [0.1, 0.15) is 42.4 Å². The molecule has 0 fully saturated rings. The lowest BCUT2D eigenvalue weighted by Gasteiger charge is -2.13. The summed E-state index contributed by atoms with van der Waals surface area (Å²) in [5, 5.41) is 0. The summed E-state index contributed by atoms with van der Waals surface area (Å²) in [5.41, 5.74) is 10.3. The van der Waals surface area contributed by atoms with Crippen LogP contribution in [-0.4, -0.2) is 6.54 Å². The molecule has 1 heteroatoms. The van der Waals surface area contributed by atoms with Crippen molar-refractivity contribution >= 4 is 0 Å². The van der Waals surface area contributed by atoms with Crippen molar-refractivity contribution in [1.29, 1.82) is 0 Å². The zero-order valence-electron chi connectivity index (χ0n) is 8.92. The van der Waals surface area contributed by atoms with Gasteiger partial charge in [-0.2, -0.15) is 0 Å². The van der Waals surface area contributed by atoms with Crippen molar-refractivity contribution in [2.45, 2.75) is 38.5 Å². The van der Waals surface area contributed by atoms with E-state index < -0.39 is 0 Å². The Kier molecular flexibility index (Phi) is 2.87. The first-order valence-corrected chi connectivity index (χ1v) is 5.67. The van der Waals surface area contributed by atoms with E-state index in [0.717, 1.165) is 13.0 Å². The molecule has 0 unspecified atom stereocenters. The van der Waals surface area contributed by atoms with E-state index in [1.54, 1.807) is 11.1 Å². The Morgan fingerprint density at radius 2 is 2.07 bits per heavy atom. The largest absolute Gasteiger partial charge is 0.330 e. The second kappa shape index (κ2) is 4.14. The van der Waals surface area contributed by atoms with Crippen molar-refractivity contribution in [3.8, 4) is 0 Å². The number of fused-ring (bicyclic) bond motifs is 1. The lowest BCUT2D eigenvalue weighted by atomic mass is 9.94. The van der Waals surface area contributed by atoms with E-state index in [2.05, 4.69) is 25.1 Å². The van der Waals surface area contributed by atoms with Crippen LogP contribution in [-0.2, 0) is 12.8 Å². The van der Waals surface area contributed by atoms with Gasteiger partial charge in [-0.05, 0) is 54.8 Å². The maximum absolute atomic E-state index is 5.76. The fourth-order valence-electron chi connectivity index (χ4n) is 2.38. The molecule has 1 aliphatic rings. The van der Waals surface area contributed by atoms with E-state index in [1.807, 2.05) is 0 Å². The Morgan fingerprint density at radius 3 is 2.79 bits per heavy atom. The van der Waals surface area contributed by atoms with Crippen molar-refractivity contribution in [2.24, 2.45) is 5.73 Å². The third kappa shape index (κ3) is 1.69. The van der Waals surface area contributed by atoms with Gasteiger partial charge in [-0.15, -0.1) is 0 Å². The summed E-state index contributed by atoms with van der Waals surface area (Å²) >= 11 is 0. The first-order chi connectivity index (χ1) is 6.85. The smallest absolute Gasteiger partial charge is 0.000834 e. The van der Waals surface area contributed by atoms with E-state index in [4.69, 9.17) is 5.73 Å². The average Bonchev–Trinajstić information content (AvgIpc) is 2.66. The monoisotopic (exact) mass is 189 g/mol. The molecule has 0 spiro atoms. The van der Waals surface area contributed by atoms with Gasteiger partial charge in [0.15, 0.2) is 0 Å². The zero-order valence-corrected chi connectivity index (χ0v) is 8.92. The lowest BCUT2D eigenvalue weighted by Crippen LogP contribution is -2.11. The van der Waals surface area contributed by atoms with Crippen molar-refractivity contribution in [1.82, 2.24) is 0 Å². The Balaban J connectivity index is 2.27. The summed E-state index contributed by atoms with van der Waals surface area (Å²) < 4.78 is 0. The van der Waals surface area contributed by atoms with Crippen LogP contribution in [0.4, 0.5) is 0 Å². The summed E-state index contributed by atoms with van der Waals surface area (Å²) in [6, 6.07) is 6.95. The number of hydrogen-bond acceptors (Lipinski definition) is 1. The number of nitrogens with two attached hydrogens (primary N) is 1. The van der Waals surface area contributed by atoms with Gasteiger partial charge in [-0.25, -0.2) is 0 Å². The number of benzene rings is 1. The number of aryl methyl sites for hydroxylation is 2. The molecular weight excluding hydrogens is 170 g/mol. The van der Waals surface area contributed by atoms with Crippen LogP contribution in [0.3, 0.4) is 0 Å². The molecule has 0 aromatic heterocycles. The summed E-state index contributed by atoms with van der Waals surface area (Å²) in [6.45, 7) is 2.99. The number of rotatable bonds is 3. The van der Waals surface area contributed by atoms with Crippen LogP contribution in [0.15, 0.2) is 18.2 Å². The highest BCUT2D eigenvalue weighted by Crippen LogP contribution is 2.26. The first-order valence-electron chi connectivity index (χ1n) is 5.67. The highest BCUT2D eigenvalue weighted by Gasteiger charge is 2.13. The van der Waals surface area contributed by atoms with Crippen LogP contribution >= 0.6 is 0 Å². The van der Waals surface area contributed by atoms with Crippen LogP contribution < -0.4 is 5.73 Å². The first kappa shape index (κ1) is 9.72. The molecule has 0 amide bonds. The minimum atomic E-state index is 0.556. The molecule has 76 valence electrons. The van der Waals surface area contributed by atoms with Crippen molar-refractivity contribution in [3.05, 3.63) is 34.9 Å². The Labute approximate surface area is 86.3 Å². The SMILES string of the molecule is CC[C@H](CN)c1ccc2c(c1)CCC2. The summed E-state index contributed by atoms with van der Waals surface area (Å²) in [6.07, 6.45) is 5.02.